The van der Waals surface area contributed by atoms with E-state index in [2.05, 4.69) is 10.3 Å². The van der Waals surface area contributed by atoms with E-state index in [0.29, 0.717) is 28.2 Å². The highest BCUT2D eigenvalue weighted by Gasteiger charge is 2.17. The number of nitrogens with two attached hydrogens (primary N) is 1. The molecule has 1 saturated heterocycles. The SMILES string of the molecule is Nc1cc(C(=O)NCC2CSCCS2)c(Cl)cn1. The van der Waals surface area contributed by atoms with Crippen LogP contribution in [0.1, 0.15) is 10.4 Å². The van der Waals surface area contributed by atoms with Gasteiger partial charge in [0.2, 0.25) is 0 Å². The highest BCUT2D eigenvalue weighted by molar-refractivity contribution is 8.06. The molecule has 0 spiro atoms. The van der Waals surface area contributed by atoms with Gasteiger partial charge in [-0.1, -0.05) is 11.6 Å². The molecule has 3 N–H and O–H groups in total. The summed E-state index contributed by atoms with van der Waals surface area (Å²) in [6, 6.07) is 1.50. The molecule has 2 heterocycles. The van der Waals surface area contributed by atoms with Gasteiger partial charge < -0.3 is 11.1 Å². The smallest absolute Gasteiger partial charge is 0.253 e. The van der Waals surface area contributed by atoms with E-state index in [1.807, 2.05) is 23.5 Å². The summed E-state index contributed by atoms with van der Waals surface area (Å²) in [6.07, 6.45) is 1.40. The maximum atomic E-state index is 12.0. The summed E-state index contributed by atoms with van der Waals surface area (Å²) in [5.74, 6) is 3.53. The summed E-state index contributed by atoms with van der Waals surface area (Å²) in [7, 11) is 0. The fourth-order valence-electron chi connectivity index (χ4n) is 1.59. The van der Waals surface area contributed by atoms with E-state index in [4.69, 9.17) is 17.3 Å². The van der Waals surface area contributed by atoms with Crippen LogP contribution in [0.3, 0.4) is 0 Å². The van der Waals surface area contributed by atoms with Gasteiger partial charge in [-0.05, 0) is 6.07 Å². The average Bonchev–Trinajstić information content (AvgIpc) is 2.40. The molecule has 2 rings (SSSR count). The predicted molar refractivity (Wildman–Crippen MR) is 79.6 cm³/mol. The van der Waals surface area contributed by atoms with Crippen molar-refractivity contribution in [2.75, 3.05) is 29.5 Å². The minimum absolute atomic E-state index is 0.190. The lowest BCUT2D eigenvalue weighted by molar-refractivity contribution is 0.0954. The summed E-state index contributed by atoms with van der Waals surface area (Å²) in [5.41, 5.74) is 5.93. The van der Waals surface area contributed by atoms with Gasteiger partial charge >= 0.3 is 0 Å². The largest absolute Gasteiger partial charge is 0.384 e. The molecule has 0 saturated carbocycles. The number of carbonyl (C=O) groups is 1. The Labute approximate surface area is 119 Å². The Morgan fingerprint density at radius 2 is 2.44 bits per heavy atom. The van der Waals surface area contributed by atoms with E-state index in [-0.39, 0.29) is 5.91 Å². The number of hydrogen-bond acceptors (Lipinski definition) is 5. The Bertz CT molecular complexity index is 438. The molecule has 1 aliphatic rings. The molecule has 18 heavy (non-hydrogen) atoms. The minimum atomic E-state index is -0.190. The highest BCUT2D eigenvalue weighted by atomic mass is 35.5. The molecule has 1 fully saturated rings. The summed E-state index contributed by atoms with van der Waals surface area (Å²) < 4.78 is 0. The topological polar surface area (TPSA) is 68.0 Å². The van der Waals surface area contributed by atoms with Crippen molar-refractivity contribution in [3.8, 4) is 0 Å². The number of hydrogen-bond donors (Lipinski definition) is 2. The van der Waals surface area contributed by atoms with E-state index in [9.17, 15) is 4.79 Å². The fourth-order valence-corrected chi connectivity index (χ4v) is 4.39. The van der Waals surface area contributed by atoms with Crippen molar-refractivity contribution >= 4 is 46.8 Å². The van der Waals surface area contributed by atoms with Gasteiger partial charge in [0.1, 0.15) is 5.82 Å². The normalized spacial score (nSPS) is 19.5. The standard InChI is InChI=1S/C11H14ClN3OS2/c12-9-5-14-10(13)3-8(9)11(16)15-4-7-6-17-1-2-18-7/h3,5,7H,1-2,4,6H2,(H2,13,14)(H,15,16). The Morgan fingerprint density at radius 1 is 1.61 bits per heavy atom. The summed E-state index contributed by atoms with van der Waals surface area (Å²) in [4.78, 5) is 15.8. The van der Waals surface area contributed by atoms with Crippen LogP contribution in [0.4, 0.5) is 5.82 Å². The monoisotopic (exact) mass is 303 g/mol. The number of anilines is 1. The van der Waals surface area contributed by atoms with Crippen LogP contribution in [0, 0.1) is 0 Å². The molecule has 1 amide bonds. The molecule has 1 aromatic heterocycles. The average molecular weight is 304 g/mol. The first-order valence-electron chi connectivity index (χ1n) is 5.55. The van der Waals surface area contributed by atoms with Crippen molar-refractivity contribution in [1.29, 1.82) is 0 Å². The number of nitrogens with one attached hydrogen (secondary N) is 1. The van der Waals surface area contributed by atoms with Gasteiger partial charge in [-0.3, -0.25) is 4.79 Å². The number of nitrogen functional groups attached to an aromatic ring is 1. The van der Waals surface area contributed by atoms with E-state index < -0.39 is 0 Å². The molecule has 7 heteroatoms. The van der Waals surface area contributed by atoms with Crippen LogP contribution < -0.4 is 11.1 Å². The molecule has 0 bridgehead atoms. The maximum absolute atomic E-state index is 12.0. The number of nitrogens with zero attached hydrogens (tertiary/aromatic N) is 1. The fraction of sp³-hybridized carbons (Fsp3) is 0.455. The van der Waals surface area contributed by atoms with Crippen molar-refractivity contribution in [3.63, 3.8) is 0 Å². The zero-order valence-electron chi connectivity index (χ0n) is 9.69. The Balaban J connectivity index is 1.92. The summed E-state index contributed by atoms with van der Waals surface area (Å²) in [5, 5.41) is 3.70. The molecule has 1 atom stereocenters. The van der Waals surface area contributed by atoms with Gasteiger partial charge in [0.25, 0.3) is 5.91 Å². The van der Waals surface area contributed by atoms with E-state index >= 15 is 0 Å². The predicted octanol–water partition coefficient (Wildman–Crippen LogP) is 1.90. The lowest BCUT2D eigenvalue weighted by atomic mass is 10.2. The van der Waals surface area contributed by atoms with Crippen LogP contribution in [-0.2, 0) is 0 Å². The van der Waals surface area contributed by atoms with E-state index in [1.54, 1.807) is 0 Å². The van der Waals surface area contributed by atoms with Crippen molar-refractivity contribution in [2.24, 2.45) is 0 Å². The van der Waals surface area contributed by atoms with Gasteiger partial charge in [-0.15, -0.1) is 0 Å². The first-order valence-corrected chi connectivity index (χ1v) is 8.13. The maximum Gasteiger partial charge on any atom is 0.253 e. The third-order valence-corrected chi connectivity index (χ3v) is 5.64. The summed E-state index contributed by atoms with van der Waals surface area (Å²) >= 11 is 9.75. The zero-order valence-corrected chi connectivity index (χ0v) is 12.1. The number of amides is 1. The van der Waals surface area contributed by atoms with Crippen LogP contribution >= 0.6 is 35.1 Å². The lowest BCUT2D eigenvalue weighted by Crippen LogP contribution is -2.33. The third-order valence-electron chi connectivity index (χ3n) is 2.50. The van der Waals surface area contributed by atoms with Crippen molar-refractivity contribution < 1.29 is 4.79 Å². The van der Waals surface area contributed by atoms with Crippen LogP contribution in [0.5, 0.6) is 0 Å². The van der Waals surface area contributed by atoms with Gasteiger partial charge in [0.15, 0.2) is 0 Å². The molecule has 1 aromatic rings. The van der Waals surface area contributed by atoms with E-state index in [1.165, 1.54) is 18.0 Å². The van der Waals surface area contributed by atoms with Crippen molar-refractivity contribution in [3.05, 3.63) is 22.8 Å². The first-order chi connectivity index (χ1) is 8.66. The Morgan fingerprint density at radius 3 is 3.17 bits per heavy atom. The Hall–Kier alpha value is -0.590. The van der Waals surface area contributed by atoms with E-state index in [0.717, 1.165) is 11.5 Å². The molecule has 0 aliphatic carbocycles. The molecular weight excluding hydrogens is 290 g/mol. The third kappa shape index (κ3) is 3.70. The minimum Gasteiger partial charge on any atom is -0.384 e. The van der Waals surface area contributed by atoms with Gasteiger partial charge in [0.05, 0.1) is 10.6 Å². The number of thioether (sulfide) groups is 2. The van der Waals surface area contributed by atoms with Gasteiger partial charge in [-0.2, -0.15) is 23.5 Å². The molecule has 1 aliphatic heterocycles. The number of aromatic nitrogens is 1. The lowest BCUT2D eigenvalue weighted by Gasteiger charge is -2.21. The molecule has 98 valence electrons. The Kier molecular flexibility index (Phi) is 5.03. The van der Waals surface area contributed by atoms with Crippen LogP contribution in [0.2, 0.25) is 5.02 Å². The number of carbonyl (C=O) groups excluding carboxylic acids is 1. The van der Waals surface area contributed by atoms with Gasteiger partial charge in [0, 0.05) is 35.3 Å². The van der Waals surface area contributed by atoms with Crippen molar-refractivity contribution in [2.45, 2.75) is 5.25 Å². The molecule has 4 nitrogen and oxygen atoms in total. The molecule has 0 aromatic carbocycles. The second-order valence-corrected chi connectivity index (χ2v) is 6.83. The number of halogens is 1. The van der Waals surface area contributed by atoms with Crippen LogP contribution in [0.25, 0.3) is 0 Å². The zero-order chi connectivity index (χ0) is 13.0. The highest BCUT2D eigenvalue weighted by Crippen LogP contribution is 2.23. The van der Waals surface area contributed by atoms with Crippen LogP contribution in [0.15, 0.2) is 12.3 Å². The van der Waals surface area contributed by atoms with Crippen LogP contribution in [-0.4, -0.2) is 39.9 Å². The second kappa shape index (κ2) is 6.54. The number of rotatable bonds is 3. The quantitative estimate of drug-likeness (QED) is 0.892. The molecule has 1 unspecified atom stereocenters. The first kappa shape index (κ1) is 13.8. The second-order valence-electron chi connectivity index (χ2n) is 3.87. The number of pyridine rings is 1. The molecular formula is C11H14ClN3OS2. The summed E-state index contributed by atoms with van der Waals surface area (Å²) in [6.45, 7) is 0.662. The van der Waals surface area contributed by atoms with Crippen molar-refractivity contribution in [1.82, 2.24) is 10.3 Å². The molecule has 0 radical (unpaired) electrons. The van der Waals surface area contributed by atoms with Gasteiger partial charge in [-0.25, -0.2) is 4.98 Å².